The van der Waals surface area contributed by atoms with Crippen molar-refractivity contribution in [2.45, 2.75) is 18.6 Å². The van der Waals surface area contributed by atoms with Crippen LogP contribution in [0.15, 0.2) is 42.6 Å². The number of carboxylic acids is 1. The third kappa shape index (κ3) is 7.02. The molecule has 2 saturated heterocycles. The fraction of sp³-hybridized carbons (Fsp3) is 0.333. The lowest BCUT2D eigenvalue weighted by Crippen LogP contribution is -2.41. The molecule has 0 radical (unpaired) electrons. The lowest BCUT2D eigenvalue weighted by Gasteiger charge is -2.27. The summed E-state index contributed by atoms with van der Waals surface area (Å²) in [5.41, 5.74) is 1.57. The number of anilines is 3. The molecule has 3 aromatic rings. The van der Waals surface area contributed by atoms with Gasteiger partial charge in [0.25, 0.3) is 11.8 Å². The van der Waals surface area contributed by atoms with Gasteiger partial charge in [0, 0.05) is 30.0 Å². The molecule has 2 atom stereocenters. The number of aldehydes is 1. The number of cyclic esters (lactones) is 1. The Labute approximate surface area is 255 Å². The van der Waals surface area contributed by atoms with Gasteiger partial charge in [-0.15, -0.1) is 11.3 Å². The Balaban J connectivity index is 1.32. The molecule has 16 heteroatoms. The molecule has 2 aromatic heterocycles. The Morgan fingerprint density at radius 1 is 1.26 bits per heavy atom. The maximum absolute atomic E-state index is 13.6. The van der Waals surface area contributed by atoms with E-state index in [2.05, 4.69) is 15.3 Å². The van der Waals surface area contributed by atoms with Gasteiger partial charge < -0.3 is 29.3 Å². The van der Waals surface area contributed by atoms with E-state index in [1.165, 1.54) is 16.0 Å². The maximum Gasteiger partial charge on any atom is 0.414 e. The molecule has 2 fully saturated rings. The second-order valence-corrected chi connectivity index (χ2v) is 11.3. The SMILES string of the molecule is [2H]C(=O)CN[C@@H](Cc1cnc(N(C[C@H]2CN(c3ccc(N4CCOCC4=O)cc3)C(=O)O2)C(=O)c2ccc(Cl)s2)[nH]1)C(=O)O. The number of benzene rings is 1. The first-order valence-electron chi connectivity index (χ1n) is 13.6. The van der Waals surface area contributed by atoms with Gasteiger partial charge in [-0.1, -0.05) is 11.6 Å². The number of nitrogens with zero attached hydrogens (tertiary/aromatic N) is 4. The van der Waals surface area contributed by atoms with Crippen LogP contribution in [-0.2, 0) is 30.3 Å². The van der Waals surface area contributed by atoms with E-state index in [1.807, 2.05) is 0 Å². The number of aromatic amines is 1. The molecular formula is C27H27ClN6O8S. The van der Waals surface area contributed by atoms with Crippen molar-refractivity contribution >= 4 is 70.4 Å². The van der Waals surface area contributed by atoms with Crippen molar-refractivity contribution in [2.75, 3.05) is 54.1 Å². The number of carbonyl (C=O) groups excluding carboxylic acids is 4. The monoisotopic (exact) mass is 631 g/mol. The zero-order valence-corrected chi connectivity index (χ0v) is 24.1. The quantitative estimate of drug-likeness (QED) is 0.251. The van der Waals surface area contributed by atoms with Crippen molar-refractivity contribution in [1.82, 2.24) is 15.3 Å². The number of ether oxygens (including phenoxy) is 2. The first-order chi connectivity index (χ1) is 21.1. The van der Waals surface area contributed by atoms with Gasteiger partial charge in [0.2, 0.25) is 5.95 Å². The molecule has 5 rings (SSSR count). The van der Waals surface area contributed by atoms with E-state index < -0.39 is 42.9 Å². The number of imidazole rings is 1. The van der Waals surface area contributed by atoms with Crippen LogP contribution in [0.5, 0.6) is 0 Å². The van der Waals surface area contributed by atoms with Gasteiger partial charge in [-0.2, -0.15) is 0 Å². The van der Waals surface area contributed by atoms with Crippen LogP contribution in [-0.4, -0.2) is 96.8 Å². The summed E-state index contributed by atoms with van der Waals surface area (Å²) in [5, 5.41) is 12.0. The van der Waals surface area contributed by atoms with Crippen molar-refractivity contribution in [2.24, 2.45) is 0 Å². The molecule has 2 aliphatic heterocycles. The van der Waals surface area contributed by atoms with E-state index in [0.717, 1.165) is 11.3 Å². The minimum Gasteiger partial charge on any atom is -0.480 e. The Morgan fingerprint density at radius 2 is 2.00 bits per heavy atom. The van der Waals surface area contributed by atoms with Gasteiger partial charge in [-0.3, -0.25) is 29.5 Å². The molecule has 226 valence electrons. The average molecular weight is 632 g/mol. The van der Waals surface area contributed by atoms with Crippen LogP contribution < -0.4 is 20.0 Å². The van der Waals surface area contributed by atoms with E-state index in [-0.39, 0.29) is 38.0 Å². The summed E-state index contributed by atoms with van der Waals surface area (Å²) >= 11 is 7.12. The minimum atomic E-state index is -1.23. The molecule has 1 aromatic carbocycles. The van der Waals surface area contributed by atoms with Crippen molar-refractivity contribution in [3.63, 3.8) is 0 Å². The zero-order chi connectivity index (χ0) is 31.4. The number of halogens is 1. The fourth-order valence-electron chi connectivity index (χ4n) is 4.68. The van der Waals surface area contributed by atoms with Gasteiger partial charge >= 0.3 is 12.1 Å². The number of aromatic nitrogens is 2. The summed E-state index contributed by atoms with van der Waals surface area (Å²) < 4.78 is 18.2. The Hall–Kier alpha value is -4.31. The second kappa shape index (κ2) is 13.3. The normalized spacial score (nSPS) is 17.9. The van der Waals surface area contributed by atoms with Gasteiger partial charge in [0.15, 0.2) is 0 Å². The standard InChI is InChI=1S/C27H27ClN6O8S/c28-22-6-5-21(43-22)24(37)34(26-30-12-16(31-26)11-20(25(38)39)29-7-9-35)14-19-13-33(27(40)42-19)18-3-1-17(2-4-18)32-8-10-41-15-23(32)36/h1-6,9,12,19-20,29H,7-8,10-11,13-15H2,(H,30,31)(H,38,39)/t19-,20+/m1/s1/i9D. The minimum absolute atomic E-state index is 0.00990. The average Bonchev–Trinajstić information content (AvgIpc) is 3.74. The second-order valence-electron chi connectivity index (χ2n) is 9.60. The van der Waals surface area contributed by atoms with Crippen molar-refractivity contribution < 1.29 is 39.9 Å². The number of hydrogen-bond acceptors (Lipinski definition) is 10. The molecule has 0 spiro atoms. The molecule has 0 bridgehead atoms. The smallest absolute Gasteiger partial charge is 0.414 e. The third-order valence-corrected chi connectivity index (χ3v) is 7.98. The van der Waals surface area contributed by atoms with Gasteiger partial charge in [-0.05, 0) is 36.4 Å². The molecule has 3 amide bonds. The van der Waals surface area contributed by atoms with Gasteiger partial charge in [-0.25, -0.2) is 9.78 Å². The van der Waals surface area contributed by atoms with Gasteiger partial charge in [0.05, 0.1) is 41.7 Å². The molecule has 4 heterocycles. The number of H-pyrrole nitrogens is 1. The topological polar surface area (TPSA) is 174 Å². The lowest BCUT2D eigenvalue weighted by molar-refractivity contribution is -0.139. The molecule has 14 nitrogen and oxygen atoms in total. The number of thiophene rings is 1. The predicted molar refractivity (Wildman–Crippen MR) is 156 cm³/mol. The highest BCUT2D eigenvalue weighted by Crippen LogP contribution is 2.28. The number of carboxylic acid groups (broad SMARTS) is 1. The van der Waals surface area contributed by atoms with E-state index in [4.69, 9.17) is 22.4 Å². The molecule has 43 heavy (non-hydrogen) atoms. The van der Waals surface area contributed by atoms with Crippen molar-refractivity contribution in [3.8, 4) is 0 Å². The molecule has 3 N–H and O–H groups in total. The van der Waals surface area contributed by atoms with Crippen molar-refractivity contribution in [1.29, 1.82) is 0 Å². The highest BCUT2D eigenvalue weighted by Gasteiger charge is 2.36. The van der Waals surface area contributed by atoms with E-state index in [1.54, 1.807) is 41.3 Å². The number of hydrogen-bond donors (Lipinski definition) is 3. The fourth-order valence-corrected chi connectivity index (χ4v) is 5.67. The summed E-state index contributed by atoms with van der Waals surface area (Å²) in [6.07, 6.45) is -1.08. The molecule has 0 unspecified atom stereocenters. The molecule has 2 aliphatic rings. The van der Waals surface area contributed by atoms with E-state index in [9.17, 15) is 29.1 Å². The van der Waals surface area contributed by atoms with Crippen LogP contribution in [0.1, 0.15) is 16.7 Å². The summed E-state index contributed by atoms with van der Waals surface area (Å²) in [5.74, 6) is -1.76. The Morgan fingerprint density at radius 3 is 2.65 bits per heavy atom. The number of rotatable bonds is 12. The Kier molecular flexibility index (Phi) is 8.93. The maximum atomic E-state index is 13.6. The van der Waals surface area contributed by atoms with Crippen LogP contribution in [0, 0.1) is 0 Å². The van der Waals surface area contributed by atoms with Gasteiger partial charge in [0.1, 0.15) is 26.4 Å². The van der Waals surface area contributed by atoms with Crippen molar-refractivity contribution in [3.05, 3.63) is 57.5 Å². The number of nitrogens with one attached hydrogen (secondary N) is 2. The Bertz CT molecular complexity index is 1570. The zero-order valence-electron chi connectivity index (χ0n) is 23.5. The van der Waals surface area contributed by atoms with Crippen LogP contribution in [0.3, 0.4) is 0 Å². The highest BCUT2D eigenvalue weighted by molar-refractivity contribution is 7.18. The van der Waals surface area contributed by atoms with Crippen LogP contribution in [0.25, 0.3) is 0 Å². The molecule has 0 saturated carbocycles. The summed E-state index contributed by atoms with van der Waals surface area (Å²) in [7, 11) is 0. The van der Waals surface area contributed by atoms with E-state index in [0.29, 0.717) is 39.4 Å². The first kappa shape index (κ1) is 28.8. The summed E-state index contributed by atoms with van der Waals surface area (Å²) in [4.78, 5) is 73.1. The first-order valence-corrected chi connectivity index (χ1v) is 14.3. The van der Waals surface area contributed by atoms with Crippen LogP contribution in [0.4, 0.5) is 22.1 Å². The summed E-state index contributed by atoms with van der Waals surface area (Å²) in [6.45, 7) is 0.455. The largest absolute Gasteiger partial charge is 0.480 e. The summed E-state index contributed by atoms with van der Waals surface area (Å²) in [6, 6.07) is 8.83. The number of morpholine rings is 1. The van der Waals surface area contributed by atoms with Crippen LogP contribution in [0.2, 0.25) is 4.34 Å². The lowest BCUT2D eigenvalue weighted by atomic mass is 10.1. The number of amides is 3. The number of aliphatic carboxylic acids is 1. The van der Waals surface area contributed by atoms with Crippen LogP contribution >= 0.6 is 22.9 Å². The molecule has 0 aliphatic carbocycles. The predicted octanol–water partition coefficient (Wildman–Crippen LogP) is 1.94. The van der Waals surface area contributed by atoms with E-state index >= 15 is 0 Å². The highest BCUT2D eigenvalue weighted by atomic mass is 35.5. The number of carbonyl (C=O) groups is 5. The third-order valence-electron chi connectivity index (χ3n) is 6.76. The molecular weight excluding hydrogens is 604 g/mol.